The maximum Gasteiger partial charge on any atom is 0.255 e. The number of aromatic nitrogens is 2. The second kappa shape index (κ2) is 10.3. The Morgan fingerprint density at radius 2 is 1.77 bits per heavy atom. The van der Waals surface area contributed by atoms with Crippen molar-refractivity contribution in [1.29, 1.82) is 0 Å². The van der Waals surface area contributed by atoms with E-state index < -0.39 is 0 Å². The number of thioether (sulfide) groups is 1. The highest BCUT2D eigenvalue weighted by Crippen LogP contribution is 2.22. The molecule has 4 aromatic rings. The fourth-order valence-electron chi connectivity index (χ4n) is 3.15. The molecule has 0 atom stereocenters. The molecule has 1 amide bonds. The van der Waals surface area contributed by atoms with Gasteiger partial charge < -0.3 is 5.32 Å². The Morgan fingerprint density at radius 3 is 2.50 bits per heavy atom. The molecule has 0 bridgehead atoms. The van der Waals surface area contributed by atoms with Gasteiger partial charge in [-0.25, -0.2) is 0 Å². The molecule has 30 heavy (non-hydrogen) atoms. The molecule has 0 radical (unpaired) electrons. The first kappa shape index (κ1) is 20.4. The maximum absolute atomic E-state index is 12.9. The van der Waals surface area contributed by atoms with Gasteiger partial charge in [-0.05, 0) is 17.0 Å². The Hall–Kier alpha value is -2.83. The van der Waals surface area contributed by atoms with Gasteiger partial charge in [-0.1, -0.05) is 66.7 Å². The molecule has 4 nitrogen and oxygen atoms in total. The summed E-state index contributed by atoms with van der Waals surface area (Å²) in [4.78, 5) is 14.3. The highest BCUT2D eigenvalue weighted by atomic mass is 32.2. The summed E-state index contributed by atoms with van der Waals surface area (Å²) in [5.74, 6) is 1.78. The van der Waals surface area contributed by atoms with Gasteiger partial charge >= 0.3 is 0 Å². The lowest BCUT2D eigenvalue weighted by Crippen LogP contribution is -2.26. The molecular weight excluding hydrogens is 410 g/mol. The Kier molecular flexibility index (Phi) is 7.00. The molecule has 6 heteroatoms. The number of benzene rings is 2. The van der Waals surface area contributed by atoms with Crippen LogP contribution < -0.4 is 5.32 Å². The van der Waals surface area contributed by atoms with Crippen molar-refractivity contribution in [2.45, 2.75) is 12.3 Å². The SMILES string of the molecule is O=C(NCCSCc1cccs1)c1cn(Cc2ccccc2)nc1-c1ccccc1. The number of hydrogen-bond donors (Lipinski definition) is 1. The van der Waals surface area contributed by atoms with Gasteiger partial charge in [0.2, 0.25) is 0 Å². The van der Waals surface area contributed by atoms with Gasteiger partial charge in [-0.2, -0.15) is 16.9 Å². The van der Waals surface area contributed by atoms with E-state index in [1.54, 1.807) is 11.3 Å². The number of carbonyl (C=O) groups is 1. The molecule has 0 saturated carbocycles. The Labute approximate surface area is 185 Å². The van der Waals surface area contributed by atoms with Crippen LogP contribution in [0.1, 0.15) is 20.8 Å². The van der Waals surface area contributed by atoms with Crippen molar-refractivity contribution in [3.8, 4) is 11.3 Å². The van der Waals surface area contributed by atoms with Gasteiger partial charge in [0.25, 0.3) is 5.91 Å². The largest absolute Gasteiger partial charge is 0.351 e. The normalized spacial score (nSPS) is 10.8. The summed E-state index contributed by atoms with van der Waals surface area (Å²) in [6.45, 7) is 1.26. The molecule has 0 aliphatic heterocycles. The number of rotatable bonds is 9. The molecule has 1 N–H and O–H groups in total. The standard InChI is InChI=1S/C24H23N3OS2/c28-24(25-13-15-29-18-21-12-7-14-30-21)22-17-27(16-19-8-3-1-4-9-19)26-23(22)20-10-5-2-6-11-20/h1-12,14,17H,13,15-16,18H2,(H,25,28). The van der Waals surface area contributed by atoms with Gasteiger partial charge in [0.15, 0.2) is 0 Å². The van der Waals surface area contributed by atoms with Gasteiger partial charge in [-0.15, -0.1) is 11.3 Å². The molecule has 152 valence electrons. The zero-order valence-electron chi connectivity index (χ0n) is 16.5. The highest BCUT2D eigenvalue weighted by molar-refractivity contribution is 7.98. The van der Waals surface area contributed by atoms with E-state index in [9.17, 15) is 4.79 Å². The second-order valence-electron chi connectivity index (χ2n) is 6.83. The number of hydrogen-bond acceptors (Lipinski definition) is 4. The molecule has 2 aromatic carbocycles. The third-order valence-electron chi connectivity index (χ3n) is 4.60. The van der Waals surface area contributed by atoms with Crippen molar-refractivity contribution in [3.05, 3.63) is 100 Å². The van der Waals surface area contributed by atoms with Crippen molar-refractivity contribution >= 4 is 29.0 Å². The lowest BCUT2D eigenvalue weighted by atomic mass is 10.1. The van der Waals surface area contributed by atoms with Crippen LogP contribution in [0, 0.1) is 0 Å². The van der Waals surface area contributed by atoms with E-state index in [4.69, 9.17) is 5.10 Å². The smallest absolute Gasteiger partial charge is 0.255 e. The monoisotopic (exact) mass is 433 g/mol. The van der Waals surface area contributed by atoms with Crippen LogP contribution in [0.15, 0.2) is 84.4 Å². The average molecular weight is 434 g/mol. The van der Waals surface area contributed by atoms with E-state index in [0.717, 1.165) is 28.3 Å². The molecule has 0 saturated heterocycles. The van der Waals surface area contributed by atoms with E-state index in [-0.39, 0.29) is 5.91 Å². The van der Waals surface area contributed by atoms with E-state index >= 15 is 0 Å². The molecule has 0 aliphatic rings. The number of carbonyl (C=O) groups excluding carboxylic acids is 1. The molecule has 0 aliphatic carbocycles. The molecule has 2 aromatic heterocycles. The molecule has 0 unspecified atom stereocenters. The maximum atomic E-state index is 12.9. The minimum Gasteiger partial charge on any atom is -0.351 e. The van der Waals surface area contributed by atoms with Crippen LogP contribution in [0.3, 0.4) is 0 Å². The first-order valence-electron chi connectivity index (χ1n) is 9.85. The Balaban J connectivity index is 1.44. The number of nitrogens with one attached hydrogen (secondary N) is 1. The minimum atomic E-state index is -0.0788. The molecule has 0 fully saturated rings. The van der Waals surface area contributed by atoms with E-state index in [0.29, 0.717) is 18.7 Å². The summed E-state index contributed by atoms with van der Waals surface area (Å²) in [5.41, 5.74) is 3.42. The van der Waals surface area contributed by atoms with Crippen LogP contribution in [0.25, 0.3) is 11.3 Å². The van der Waals surface area contributed by atoms with Crippen LogP contribution in [-0.2, 0) is 12.3 Å². The fraction of sp³-hybridized carbons (Fsp3) is 0.167. The zero-order valence-corrected chi connectivity index (χ0v) is 18.2. The summed E-state index contributed by atoms with van der Waals surface area (Å²) < 4.78 is 1.85. The average Bonchev–Trinajstić information content (AvgIpc) is 3.45. The highest BCUT2D eigenvalue weighted by Gasteiger charge is 2.17. The van der Waals surface area contributed by atoms with Gasteiger partial charge in [0.05, 0.1) is 12.1 Å². The fourth-order valence-corrected chi connectivity index (χ4v) is 4.85. The minimum absolute atomic E-state index is 0.0788. The predicted molar refractivity (Wildman–Crippen MR) is 126 cm³/mol. The van der Waals surface area contributed by atoms with Gasteiger partial charge in [-0.3, -0.25) is 9.48 Å². The van der Waals surface area contributed by atoms with Crippen LogP contribution in [0.4, 0.5) is 0 Å². The number of amides is 1. The lowest BCUT2D eigenvalue weighted by molar-refractivity contribution is 0.0956. The molecule has 0 spiro atoms. The lowest BCUT2D eigenvalue weighted by Gasteiger charge is -2.05. The van der Waals surface area contributed by atoms with Crippen LogP contribution in [0.2, 0.25) is 0 Å². The zero-order chi connectivity index (χ0) is 20.6. The van der Waals surface area contributed by atoms with E-state index in [2.05, 4.69) is 35.0 Å². The van der Waals surface area contributed by atoms with Crippen LogP contribution in [-0.4, -0.2) is 28.0 Å². The second-order valence-corrected chi connectivity index (χ2v) is 8.97. The topological polar surface area (TPSA) is 46.9 Å². The van der Waals surface area contributed by atoms with E-state index in [1.165, 1.54) is 4.88 Å². The quantitative estimate of drug-likeness (QED) is 0.363. The first-order valence-corrected chi connectivity index (χ1v) is 11.9. The van der Waals surface area contributed by atoms with Crippen molar-refractivity contribution in [3.63, 3.8) is 0 Å². The molecule has 2 heterocycles. The summed E-state index contributed by atoms with van der Waals surface area (Å²) in [6.07, 6.45) is 1.85. The van der Waals surface area contributed by atoms with Crippen molar-refractivity contribution < 1.29 is 4.79 Å². The van der Waals surface area contributed by atoms with Crippen molar-refractivity contribution in [2.75, 3.05) is 12.3 Å². The summed E-state index contributed by atoms with van der Waals surface area (Å²) >= 11 is 3.60. The van der Waals surface area contributed by atoms with Crippen molar-refractivity contribution in [1.82, 2.24) is 15.1 Å². The van der Waals surface area contributed by atoms with Crippen molar-refractivity contribution in [2.24, 2.45) is 0 Å². The molecular formula is C24H23N3OS2. The molecule has 4 rings (SSSR count). The van der Waals surface area contributed by atoms with E-state index in [1.807, 2.05) is 71.2 Å². The Bertz CT molecular complexity index is 1060. The van der Waals surface area contributed by atoms with Gasteiger partial charge in [0.1, 0.15) is 5.69 Å². The number of nitrogens with zero attached hydrogens (tertiary/aromatic N) is 2. The summed E-state index contributed by atoms with van der Waals surface area (Å²) in [6, 6.07) is 24.2. The Morgan fingerprint density at radius 1 is 1.00 bits per heavy atom. The van der Waals surface area contributed by atoms with Crippen LogP contribution >= 0.6 is 23.1 Å². The number of thiophene rings is 1. The predicted octanol–water partition coefficient (Wildman–Crippen LogP) is 5.32. The third-order valence-corrected chi connectivity index (χ3v) is 6.66. The van der Waals surface area contributed by atoms with Crippen LogP contribution in [0.5, 0.6) is 0 Å². The van der Waals surface area contributed by atoms with Gasteiger partial charge in [0, 0.05) is 34.7 Å². The third kappa shape index (κ3) is 5.40. The summed E-state index contributed by atoms with van der Waals surface area (Å²) in [5, 5.41) is 9.88. The summed E-state index contributed by atoms with van der Waals surface area (Å²) in [7, 11) is 0. The first-order chi connectivity index (χ1) is 14.8.